The zero-order chi connectivity index (χ0) is 28.3. The van der Waals surface area contributed by atoms with Gasteiger partial charge in [-0.05, 0) is 20.9 Å². The van der Waals surface area contributed by atoms with Crippen molar-refractivity contribution >= 4 is 12.2 Å². The van der Waals surface area contributed by atoms with Crippen molar-refractivity contribution in [2.24, 2.45) is 7.05 Å². The Morgan fingerprint density at radius 2 is 1.74 bits per heavy atom. The van der Waals surface area contributed by atoms with Crippen LogP contribution in [-0.2, 0) is 18.0 Å². The number of carbonyl (C=O) groups is 1. The summed E-state index contributed by atoms with van der Waals surface area (Å²) in [4.78, 5) is 27.0. The molecule has 1 saturated heterocycles. The van der Waals surface area contributed by atoms with Gasteiger partial charge in [-0.1, -0.05) is 0 Å². The first-order valence-electron chi connectivity index (χ1n) is 11.1. The van der Waals surface area contributed by atoms with Crippen LogP contribution >= 0.6 is 0 Å². The maximum atomic E-state index is 13.2. The number of aldehydes is 1. The first kappa shape index (κ1) is 28.9. The summed E-state index contributed by atoms with van der Waals surface area (Å²) in [6.07, 6.45) is -4.40. The molecule has 10 nitrogen and oxygen atoms in total. The molecule has 0 unspecified atom stereocenters. The molecule has 4 heterocycles. The number of aryl methyl sites for hydroxylation is 1. The van der Waals surface area contributed by atoms with Crippen molar-refractivity contribution in [3.05, 3.63) is 47.6 Å². The number of ether oxygens (including phenoxy) is 1. The van der Waals surface area contributed by atoms with E-state index in [4.69, 9.17) is 0 Å². The topological polar surface area (TPSA) is 111 Å². The van der Waals surface area contributed by atoms with E-state index in [9.17, 15) is 31.1 Å². The van der Waals surface area contributed by atoms with Crippen LogP contribution in [0.2, 0.25) is 0 Å². The first-order valence-corrected chi connectivity index (χ1v) is 11.1. The minimum absolute atomic E-state index is 0.00839. The van der Waals surface area contributed by atoms with E-state index in [0.717, 1.165) is 18.1 Å². The van der Waals surface area contributed by atoms with E-state index in [2.05, 4.69) is 35.1 Å². The van der Waals surface area contributed by atoms with E-state index in [0.29, 0.717) is 30.1 Å². The Labute approximate surface area is 213 Å². The Bertz CT molecular complexity index is 1220. The highest BCUT2D eigenvalue weighted by Crippen LogP contribution is 2.29. The van der Waals surface area contributed by atoms with Crippen LogP contribution in [0.4, 0.5) is 32.3 Å². The highest BCUT2D eigenvalue weighted by atomic mass is 19.4. The molecule has 1 fully saturated rings. The number of nitrogens with zero attached hydrogens (tertiary/aromatic N) is 7. The number of halogens is 6. The van der Waals surface area contributed by atoms with E-state index < -0.39 is 36.3 Å². The van der Waals surface area contributed by atoms with Gasteiger partial charge in [-0.15, -0.1) is 0 Å². The molecule has 4 rings (SSSR count). The molecule has 0 aliphatic carbocycles. The number of morpholine rings is 1. The van der Waals surface area contributed by atoms with Crippen LogP contribution in [0.25, 0.3) is 11.4 Å². The third-order valence-corrected chi connectivity index (χ3v) is 5.66. The van der Waals surface area contributed by atoms with Gasteiger partial charge in [0.25, 0.3) is 0 Å². The maximum Gasteiger partial charge on any atom is 0.419 e. The Morgan fingerprint density at radius 3 is 2.26 bits per heavy atom. The van der Waals surface area contributed by atoms with Gasteiger partial charge in [0, 0.05) is 31.7 Å². The molecule has 16 heteroatoms. The summed E-state index contributed by atoms with van der Waals surface area (Å²) in [5, 5.41) is 6.73. The zero-order valence-electron chi connectivity index (χ0n) is 20.7. The first-order chi connectivity index (χ1) is 17.7. The molecule has 206 valence electrons. The lowest BCUT2D eigenvalue weighted by Crippen LogP contribution is -2.57. The molecule has 1 aliphatic heterocycles. The Balaban J connectivity index is 0.000000221. The zero-order valence-corrected chi connectivity index (χ0v) is 20.7. The lowest BCUT2D eigenvalue weighted by atomic mass is 10.1. The summed E-state index contributed by atoms with van der Waals surface area (Å²) in [5.74, 6) is -0.224. The lowest BCUT2D eigenvalue weighted by molar-refractivity contribution is -0.302. The number of aromatic nitrogens is 6. The summed E-state index contributed by atoms with van der Waals surface area (Å²) >= 11 is 0. The quantitative estimate of drug-likeness (QED) is 0.381. The summed E-state index contributed by atoms with van der Waals surface area (Å²) in [7, 11) is 3.24. The smallest absolute Gasteiger partial charge is 0.353 e. The van der Waals surface area contributed by atoms with Crippen LogP contribution in [-0.4, -0.2) is 79.3 Å². The van der Waals surface area contributed by atoms with E-state index >= 15 is 0 Å². The standard InChI is InChI=1S/C12H15F5N4O.C10H9FN4O/c1-7-9(21(2)6-11(13,14)22-7)5-20-10-18-3-8(4-19-10)12(15,16)17;1-6-9(8(5-16)14-15(6)2)10-12-3-7(11)4-13-10/h3-4,7,9H,5-6H2,1-2H3,(H,18,19,20);3-5H,1-2H3/t7-,9+;/m0./s1. The van der Waals surface area contributed by atoms with Gasteiger partial charge in [0.2, 0.25) is 5.95 Å². The van der Waals surface area contributed by atoms with Crippen LogP contribution in [0.15, 0.2) is 24.8 Å². The van der Waals surface area contributed by atoms with E-state index in [1.807, 2.05) is 0 Å². The highest BCUT2D eigenvalue weighted by molar-refractivity contribution is 5.84. The molecule has 0 bridgehead atoms. The molecule has 2 atom stereocenters. The van der Waals surface area contributed by atoms with Crippen molar-refractivity contribution in [2.45, 2.75) is 38.3 Å². The van der Waals surface area contributed by atoms with Crippen LogP contribution in [0.5, 0.6) is 0 Å². The fourth-order valence-electron chi connectivity index (χ4n) is 3.67. The number of likely N-dealkylation sites (N-methyl/N-ethyl adjacent to an activating group) is 1. The fraction of sp³-hybridized carbons (Fsp3) is 0.455. The monoisotopic (exact) mass is 546 g/mol. The summed E-state index contributed by atoms with van der Waals surface area (Å²) in [6, 6.07) is -0.384. The number of anilines is 1. The Hall–Kier alpha value is -3.66. The lowest BCUT2D eigenvalue weighted by Gasteiger charge is -2.41. The van der Waals surface area contributed by atoms with E-state index in [1.54, 1.807) is 18.7 Å². The average molecular weight is 546 g/mol. The Morgan fingerprint density at radius 1 is 1.13 bits per heavy atom. The van der Waals surface area contributed by atoms with Crippen LogP contribution in [0.3, 0.4) is 0 Å². The van der Waals surface area contributed by atoms with Gasteiger partial charge in [-0.2, -0.15) is 27.1 Å². The number of rotatable bonds is 5. The average Bonchev–Trinajstić information content (AvgIpc) is 3.12. The summed E-state index contributed by atoms with van der Waals surface area (Å²) in [6.45, 7) is 2.91. The molecule has 0 amide bonds. The molecule has 38 heavy (non-hydrogen) atoms. The van der Waals surface area contributed by atoms with Crippen molar-refractivity contribution in [3.8, 4) is 11.4 Å². The molecule has 0 spiro atoms. The molecule has 3 aromatic heterocycles. The Kier molecular flexibility index (Phi) is 8.66. The van der Waals surface area contributed by atoms with Crippen molar-refractivity contribution in [1.29, 1.82) is 0 Å². The minimum atomic E-state index is -4.50. The number of nitrogens with one attached hydrogen (secondary N) is 1. The number of alkyl halides is 5. The van der Waals surface area contributed by atoms with Gasteiger partial charge in [0.05, 0.1) is 42.2 Å². The number of hydrogen-bond donors (Lipinski definition) is 1. The van der Waals surface area contributed by atoms with E-state index in [1.165, 1.54) is 18.9 Å². The maximum absolute atomic E-state index is 13.2. The van der Waals surface area contributed by atoms with Gasteiger partial charge in [0.15, 0.2) is 17.9 Å². The van der Waals surface area contributed by atoms with Gasteiger partial charge >= 0.3 is 12.3 Å². The molecular formula is C22H24F6N8O2. The second kappa shape index (κ2) is 11.4. The summed E-state index contributed by atoms with van der Waals surface area (Å²) in [5.41, 5.74) is 0.599. The molecule has 0 aromatic carbocycles. The van der Waals surface area contributed by atoms with Crippen LogP contribution < -0.4 is 5.32 Å². The second-order valence-electron chi connectivity index (χ2n) is 8.43. The third kappa shape index (κ3) is 7.00. The second-order valence-corrected chi connectivity index (χ2v) is 8.43. The van der Waals surface area contributed by atoms with Gasteiger partial charge in [-0.25, -0.2) is 24.3 Å². The van der Waals surface area contributed by atoms with Gasteiger partial charge in [0.1, 0.15) is 5.69 Å². The molecule has 1 aliphatic rings. The molecule has 1 N–H and O–H groups in total. The number of carbonyl (C=O) groups excluding carboxylic acids is 1. The van der Waals surface area contributed by atoms with Crippen molar-refractivity contribution in [1.82, 2.24) is 34.6 Å². The fourth-order valence-corrected chi connectivity index (χ4v) is 3.67. The third-order valence-electron chi connectivity index (χ3n) is 5.66. The molecule has 0 radical (unpaired) electrons. The predicted octanol–water partition coefficient (Wildman–Crippen LogP) is 3.36. The SMILES string of the molecule is C[C@@H]1OC(F)(F)CN(C)[C@@H]1CNc1ncc(C(F)(F)F)cn1.Cc1c(-c2ncc(F)cn2)c(C=O)nn1C. The van der Waals surface area contributed by atoms with Crippen molar-refractivity contribution < 1.29 is 35.9 Å². The van der Waals surface area contributed by atoms with Gasteiger partial charge < -0.3 is 10.1 Å². The van der Waals surface area contributed by atoms with Crippen LogP contribution in [0.1, 0.15) is 28.7 Å². The van der Waals surface area contributed by atoms with Gasteiger partial charge in [-0.3, -0.25) is 14.4 Å². The van der Waals surface area contributed by atoms with Crippen LogP contribution in [0, 0.1) is 12.7 Å². The summed E-state index contributed by atoms with van der Waals surface area (Å²) < 4.78 is 82.3. The highest BCUT2D eigenvalue weighted by Gasteiger charge is 2.43. The number of hydrogen-bond acceptors (Lipinski definition) is 9. The van der Waals surface area contributed by atoms with Crippen molar-refractivity contribution in [3.63, 3.8) is 0 Å². The van der Waals surface area contributed by atoms with Crippen molar-refractivity contribution in [2.75, 3.05) is 25.5 Å². The minimum Gasteiger partial charge on any atom is -0.353 e. The van der Waals surface area contributed by atoms with E-state index in [-0.39, 0.29) is 24.2 Å². The molecule has 3 aromatic rings. The molecular weight excluding hydrogens is 522 g/mol. The molecule has 0 saturated carbocycles. The predicted molar refractivity (Wildman–Crippen MR) is 122 cm³/mol. The largest absolute Gasteiger partial charge is 0.419 e. The normalized spacial score (nSPS) is 19.4.